The molecule has 2 rings (SSSR count). The molecule has 1 saturated heterocycles. The molecule has 1 aromatic rings. The van der Waals surface area contributed by atoms with Crippen molar-refractivity contribution in [3.63, 3.8) is 0 Å². The van der Waals surface area contributed by atoms with Gasteiger partial charge in [-0.3, -0.25) is 14.4 Å². The van der Waals surface area contributed by atoms with Gasteiger partial charge in [-0.25, -0.2) is 0 Å². The Hall–Kier alpha value is -2.37. The second-order valence-electron chi connectivity index (χ2n) is 5.53. The monoisotopic (exact) mass is 304 g/mol. The number of benzene rings is 1. The molecule has 0 radical (unpaired) electrons. The standard InChI is InChI=1S/C16H20N2O4/c1-11(19)17-14(12-5-3-2-4-6-12)9-15(20)18-8-7-13(10-18)16(21)22/h2-6,13-14H,7-10H2,1H3,(H,17,19)(H,21,22)/t13-,14+/m1/s1. The molecule has 6 heteroatoms. The molecule has 118 valence electrons. The van der Waals surface area contributed by atoms with Gasteiger partial charge in [-0.05, 0) is 12.0 Å². The van der Waals surface area contributed by atoms with Crippen LogP contribution in [0.25, 0.3) is 0 Å². The van der Waals surface area contributed by atoms with E-state index in [1.54, 1.807) is 4.90 Å². The number of rotatable bonds is 5. The van der Waals surface area contributed by atoms with Crippen molar-refractivity contribution < 1.29 is 19.5 Å². The molecule has 0 aliphatic carbocycles. The summed E-state index contributed by atoms with van der Waals surface area (Å²) in [4.78, 5) is 36.2. The first kappa shape index (κ1) is 16.0. The fourth-order valence-corrected chi connectivity index (χ4v) is 2.68. The van der Waals surface area contributed by atoms with E-state index in [-0.39, 0.29) is 24.8 Å². The molecule has 2 amide bonds. The number of likely N-dealkylation sites (tertiary alicyclic amines) is 1. The maximum Gasteiger partial charge on any atom is 0.308 e. The lowest BCUT2D eigenvalue weighted by molar-refractivity contribution is -0.141. The maximum absolute atomic E-state index is 12.4. The van der Waals surface area contributed by atoms with Crippen molar-refractivity contribution in [2.45, 2.75) is 25.8 Å². The lowest BCUT2D eigenvalue weighted by Crippen LogP contribution is -2.35. The Morgan fingerprint density at radius 2 is 2.00 bits per heavy atom. The number of nitrogens with one attached hydrogen (secondary N) is 1. The summed E-state index contributed by atoms with van der Waals surface area (Å²) >= 11 is 0. The number of carbonyl (C=O) groups is 3. The summed E-state index contributed by atoms with van der Waals surface area (Å²) in [5.74, 6) is -1.69. The highest BCUT2D eigenvalue weighted by Gasteiger charge is 2.31. The topological polar surface area (TPSA) is 86.7 Å². The van der Waals surface area contributed by atoms with E-state index < -0.39 is 17.9 Å². The second kappa shape index (κ2) is 7.06. The molecule has 0 saturated carbocycles. The van der Waals surface area contributed by atoms with Crippen LogP contribution in [-0.2, 0) is 14.4 Å². The first-order valence-electron chi connectivity index (χ1n) is 7.30. The molecule has 0 unspecified atom stereocenters. The number of hydrogen-bond acceptors (Lipinski definition) is 3. The van der Waals surface area contributed by atoms with E-state index in [1.165, 1.54) is 6.92 Å². The van der Waals surface area contributed by atoms with Crippen molar-refractivity contribution in [2.24, 2.45) is 5.92 Å². The Balaban J connectivity index is 2.03. The molecule has 0 spiro atoms. The van der Waals surface area contributed by atoms with Crippen LogP contribution in [0.3, 0.4) is 0 Å². The van der Waals surface area contributed by atoms with Crippen LogP contribution < -0.4 is 5.32 Å². The van der Waals surface area contributed by atoms with Crippen LogP contribution in [0.5, 0.6) is 0 Å². The highest BCUT2D eigenvalue weighted by atomic mass is 16.4. The number of carboxylic acids is 1. The van der Waals surface area contributed by atoms with Crippen molar-refractivity contribution >= 4 is 17.8 Å². The number of amides is 2. The Kier molecular flexibility index (Phi) is 5.14. The van der Waals surface area contributed by atoms with Gasteiger partial charge in [-0.15, -0.1) is 0 Å². The first-order chi connectivity index (χ1) is 10.5. The molecule has 6 nitrogen and oxygen atoms in total. The fraction of sp³-hybridized carbons (Fsp3) is 0.438. The third kappa shape index (κ3) is 4.07. The largest absolute Gasteiger partial charge is 0.481 e. The van der Waals surface area contributed by atoms with Crippen LogP contribution in [0.2, 0.25) is 0 Å². The zero-order valence-electron chi connectivity index (χ0n) is 12.5. The van der Waals surface area contributed by atoms with Gasteiger partial charge in [0.25, 0.3) is 0 Å². The molecule has 1 aromatic carbocycles. The van der Waals surface area contributed by atoms with Crippen LogP contribution in [0.15, 0.2) is 30.3 Å². The predicted molar refractivity (Wildman–Crippen MR) is 79.9 cm³/mol. The van der Waals surface area contributed by atoms with Crippen molar-refractivity contribution in [1.29, 1.82) is 0 Å². The lowest BCUT2D eigenvalue weighted by Gasteiger charge is -2.22. The molecule has 22 heavy (non-hydrogen) atoms. The SMILES string of the molecule is CC(=O)N[C@@H](CC(=O)N1CC[C@@H](C(=O)O)C1)c1ccccc1. The molecule has 1 aliphatic rings. The molecule has 0 bridgehead atoms. The van der Waals surface area contributed by atoms with E-state index in [4.69, 9.17) is 5.11 Å². The second-order valence-corrected chi connectivity index (χ2v) is 5.53. The zero-order chi connectivity index (χ0) is 16.1. The van der Waals surface area contributed by atoms with Gasteiger partial charge in [0.2, 0.25) is 11.8 Å². The molecular formula is C16H20N2O4. The lowest BCUT2D eigenvalue weighted by atomic mass is 10.0. The Morgan fingerprint density at radius 3 is 2.55 bits per heavy atom. The van der Waals surface area contributed by atoms with Crippen LogP contribution in [-0.4, -0.2) is 40.9 Å². The van der Waals surface area contributed by atoms with Crippen molar-refractivity contribution in [3.05, 3.63) is 35.9 Å². The van der Waals surface area contributed by atoms with Gasteiger partial charge in [-0.2, -0.15) is 0 Å². The molecule has 1 heterocycles. The molecular weight excluding hydrogens is 284 g/mol. The van der Waals surface area contributed by atoms with Gasteiger partial charge in [0.15, 0.2) is 0 Å². The summed E-state index contributed by atoms with van der Waals surface area (Å²) < 4.78 is 0. The van der Waals surface area contributed by atoms with Gasteiger partial charge in [-0.1, -0.05) is 30.3 Å². The maximum atomic E-state index is 12.4. The van der Waals surface area contributed by atoms with E-state index in [9.17, 15) is 14.4 Å². The van der Waals surface area contributed by atoms with Crippen LogP contribution >= 0.6 is 0 Å². The first-order valence-corrected chi connectivity index (χ1v) is 7.30. The molecule has 1 aliphatic heterocycles. The number of aliphatic carboxylic acids is 1. The van der Waals surface area contributed by atoms with E-state index in [0.29, 0.717) is 13.0 Å². The Labute approximate surface area is 129 Å². The molecule has 1 fully saturated rings. The Morgan fingerprint density at radius 1 is 1.32 bits per heavy atom. The summed E-state index contributed by atoms with van der Waals surface area (Å²) in [6.45, 7) is 2.11. The van der Waals surface area contributed by atoms with Gasteiger partial charge in [0.05, 0.1) is 18.4 Å². The van der Waals surface area contributed by atoms with Gasteiger partial charge in [0, 0.05) is 20.0 Å². The zero-order valence-corrected chi connectivity index (χ0v) is 12.5. The molecule has 2 atom stereocenters. The average Bonchev–Trinajstić information content (AvgIpc) is 2.97. The molecule has 0 aromatic heterocycles. The van der Waals surface area contributed by atoms with Crippen LogP contribution in [0, 0.1) is 5.92 Å². The summed E-state index contributed by atoms with van der Waals surface area (Å²) in [6.07, 6.45) is 0.618. The fourth-order valence-electron chi connectivity index (χ4n) is 2.68. The third-order valence-corrected chi connectivity index (χ3v) is 3.85. The van der Waals surface area contributed by atoms with Crippen molar-refractivity contribution in [1.82, 2.24) is 10.2 Å². The number of nitrogens with zero attached hydrogens (tertiary/aromatic N) is 1. The van der Waals surface area contributed by atoms with E-state index in [1.807, 2.05) is 30.3 Å². The minimum absolute atomic E-state index is 0.133. The van der Waals surface area contributed by atoms with Gasteiger partial charge >= 0.3 is 5.97 Å². The quantitative estimate of drug-likeness (QED) is 0.855. The normalized spacial score (nSPS) is 18.8. The van der Waals surface area contributed by atoms with Crippen LogP contribution in [0.1, 0.15) is 31.4 Å². The van der Waals surface area contributed by atoms with Crippen LogP contribution in [0.4, 0.5) is 0 Å². The van der Waals surface area contributed by atoms with E-state index in [0.717, 1.165) is 5.56 Å². The van der Waals surface area contributed by atoms with Crippen molar-refractivity contribution in [2.75, 3.05) is 13.1 Å². The van der Waals surface area contributed by atoms with Gasteiger partial charge in [0.1, 0.15) is 0 Å². The third-order valence-electron chi connectivity index (χ3n) is 3.85. The average molecular weight is 304 g/mol. The van der Waals surface area contributed by atoms with E-state index >= 15 is 0 Å². The highest BCUT2D eigenvalue weighted by molar-refractivity contribution is 5.80. The Bertz CT molecular complexity index is 559. The smallest absolute Gasteiger partial charge is 0.308 e. The molecule has 2 N–H and O–H groups in total. The number of hydrogen-bond donors (Lipinski definition) is 2. The highest BCUT2D eigenvalue weighted by Crippen LogP contribution is 2.22. The van der Waals surface area contributed by atoms with Crippen molar-refractivity contribution in [3.8, 4) is 0 Å². The van der Waals surface area contributed by atoms with Gasteiger partial charge < -0.3 is 15.3 Å². The summed E-state index contributed by atoms with van der Waals surface area (Å²) in [5, 5.41) is 11.8. The minimum Gasteiger partial charge on any atom is -0.481 e. The predicted octanol–water partition coefficient (Wildman–Crippen LogP) is 1.19. The number of carbonyl (C=O) groups excluding carboxylic acids is 2. The number of carboxylic acid groups (broad SMARTS) is 1. The summed E-state index contributed by atoms with van der Waals surface area (Å²) in [5.41, 5.74) is 0.861. The van der Waals surface area contributed by atoms with E-state index in [2.05, 4.69) is 5.32 Å². The summed E-state index contributed by atoms with van der Waals surface area (Å²) in [6, 6.07) is 8.90. The minimum atomic E-state index is -0.864. The summed E-state index contributed by atoms with van der Waals surface area (Å²) in [7, 11) is 0.